The number of hydrogen-bond acceptors (Lipinski definition) is 9. The monoisotopic (exact) mass is 542 g/mol. The molecule has 4 aromatic rings. The average Bonchev–Trinajstić information content (AvgIpc) is 3.35. The van der Waals surface area contributed by atoms with Gasteiger partial charge in [0.05, 0.1) is 32.0 Å². The minimum absolute atomic E-state index is 0.0247. The summed E-state index contributed by atoms with van der Waals surface area (Å²) in [6.07, 6.45) is -1.09. The van der Waals surface area contributed by atoms with Gasteiger partial charge in [-0.25, -0.2) is 13.4 Å². The number of sulfone groups is 1. The van der Waals surface area contributed by atoms with E-state index in [4.69, 9.17) is 18.9 Å². The summed E-state index contributed by atoms with van der Waals surface area (Å²) in [6, 6.07) is 16.4. The van der Waals surface area contributed by atoms with E-state index in [1.807, 2.05) is 0 Å². The van der Waals surface area contributed by atoms with Gasteiger partial charge in [-0.1, -0.05) is 30.4 Å². The SMILES string of the molecule is CCS(=O)(=O)c1ccc(C(Oc2ccc(OC)cc2)C(=O)Nc2nc3c(OC)ccc(OC)c3s2)cc1. The maximum absolute atomic E-state index is 13.5. The van der Waals surface area contributed by atoms with E-state index in [-0.39, 0.29) is 10.6 Å². The minimum atomic E-state index is -3.39. The van der Waals surface area contributed by atoms with E-state index >= 15 is 0 Å². The third-order valence-electron chi connectivity index (χ3n) is 5.61. The summed E-state index contributed by atoms with van der Waals surface area (Å²) in [6.45, 7) is 1.58. The molecule has 1 unspecified atom stereocenters. The number of nitrogens with one attached hydrogen (secondary N) is 1. The van der Waals surface area contributed by atoms with Crippen LogP contribution in [-0.2, 0) is 14.6 Å². The molecule has 0 bridgehead atoms. The van der Waals surface area contributed by atoms with Crippen molar-refractivity contribution in [2.24, 2.45) is 0 Å². The van der Waals surface area contributed by atoms with Gasteiger partial charge in [0, 0.05) is 5.56 Å². The smallest absolute Gasteiger partial charge is 0.271 e. The number of thiazole rings is 1. The van der Waals surface area contributed by atoms with Gasteiger partial charge < -0.3 is 18.9 Å². The highest BCUT2D eigenvalue weighted by Gasteiger charge is 2.26. The first-order valence-electron chi connectivity index (χ1n) is 11.3. The zero-order valence-corrected chi connectivity index (χ0v) is 22.3. The molecule has 0 aliphatic rings. The molecule has 0 saturated carbocycles. The highest BCUT2D eigenvalue weighted by Crippen LogP contribution is 2.39. The molecule has 3 aromatic carbocycles. The number of carbonyl (C=O) groups is 1. The Morgan fingerprint density at radius 3 is 2.11 bits per heavy atom. The Balaban J connectivity index is 1.68. The highest BCUT2D eigenvalue weighted by molar-refractivity contribution is 7.91. The molecule has 0 spiro atoms. The van der Waals surface area contributed by atoms with Crippen molar-refractivity contribution in [3.05, 3.63) is 66.2 Å². The van der Waals surface area contributed by atoms with Crippen molar-refractivity contribution in [3.63, 3.8) is 0 Å². The number of hydrogen-bond donors (Lipinski definition) is 1. The summed E-state index contributed by atoms with van der Waals surface area (Å²) in [5, 5.41) is 3.15. The summed E-state index contributed by atoms with van der Waals surface area (Å²) < 4.78 is 47.3. The number of nitrogens with zero attached hydrogens (tertiary/aromatic N) is 1. The number of fused-ring (bicyclic) bond motifs is 1. The van der Waals surface area contributed by atoms with Crippen LogP contribution in [0.5, 0.6) is 23.0 Å². The lowest BCUT2D eigenvalue weighted by atomic mass is 10.1. The Bertz CT molecular complexity index is 1460. The molecule has 4 rings (SSSR count). The molecule has 0 saturated heterocycles. The lowest BCUT2D eigenvalue weighted by molar-refractivity contribution is -0.123. The zero-order chi connectivity index (χ0) is 26.6. The molecule has 11 heteroatoms. The number of ether oxygens (including phenoxy) is 4. The quantitative estimate of drug-likeness (QED) is 0.302. The summed E-state index contributed by atoms with van der Waals surface area (Å²) in [7, 11) is 1.26. The van der Waals surface area contributed by atoms with Crippen LogP contribution < -0.4 is 24.3 Å². The van der Waals surface area contributed by atoms with Gasteiger partial charge in [-0.05, 0) is 48.5 Å². The van der Waals surface area contributed by atoms with E-state index in [2.05, 4.69) is 10.3 Å². The van der Waals surface area contributed by atoms with E-state index in [0.29, 0.717) is 39.2 Å². The lowest BCUT2D eigenvalue weighted by Crippen LogP contribution is -2.25. The van der Waals surface area contributed by atoms with Crippen LogP contribution in [0.25, 0.3) is 10.2 Å². The first-order valence-corrected chi connectivity index (χ1v) is 13.7. The van der Waals surface area contributed by atoms with Gasteiger partial charge in [0.2, 0.25) is 6.10 Å². The van der Waals surface area contributed by atoms with E-state index < -0.39 is 21.8 Å². The fraction of sp³-hybridized carbons (Fsp3) is 0.231. The number of anilines is 1. The van der Waals surface area contributed by atoms with Crippen molar-refractivity contribution in [2.45, 2.75) is 17.9 Å². The maximum atomic E-state index is 13.5. The standard InChI is InChI=1S/C26H26N2O7S2/c1-5-37(30,31)19-12-6-16(7-13-19)23(35-18-10-8-17(32-2)9-11-18)25(29)28-26-27-22-20(33-3)14-15-21(34-4)24(22)36-26/h6-15,23H,5H2,1-4H3,(H,27,28,29). The van der Waals surface area contributed by atoms with Crippen LogP contribution in [0.2, 0.25) is 0 Å². The second kappa shape index (κ2) is 11.1. The molecule has 0 fully saturated rings. The van der Waals surface area contributed by atoms with Gasteiger partial charge in [-0.3, -0.25) is 10.1 Å². The van der Waals surface area contributed by atoms with E-state index in [9.17, 15) is 13.2 Å². The second-order valence-electron chi connectivity index (χ2n) is 7.80. The van der Waals surface area contributed by atoms with Crippen LogP contribution in [-0.4, -0.2) is 46.4 Å². The van der Waals surface area contributed by atoms with Crippen molar-refractivity contribution < 1.29 is 32.2 Å². The minimum Gasteiger partial charge on any atom is -0.497 e. The topological polar surface area (TPSA) is 113 Å². The van der Waals surface area contributed by atoms with Crippen molar-refractivity contribution in [1.29, 1.82) is 0 Å². The maximum Gasteiger partial charge on any atom is 0.271 e. The number of carbonyl (C=O) groups excluding carboxylic acids is 1. The second-order valence-corrected chi connectivity index (χ2v) is 11.1. The van der Waals surface area contributed by atoms with Crippen molar-refractivity contribution in [1.82, 2.24) is 4.98 Å². The largest absolute Gasteiger partial charge is 0.497 e. The molecule has 0 aliphatic heterocycles. The molecule has 1 N–H and O–H groups in total. The predicted molar refractivity (Wildman–Crippen MR) is 142 cm³/mol. The summed E-state index contributed by atoms with van der Waals surface area (Å²) in [5.41, 5.74) is 1.03. The molecule has 9 nitrogen and oxygen atoms in total. The molecular weight excluding hydrogens is 516 g/mol. The number of methoxy groups -OCH3 is 3. The van der Waals surface area contributed by atoms with Crippen molar-refractivity contribution in [3.8, 4) is 23.0 Å². The predicted octanol–water partition coefficient (Wildman–Crippen LogP) is 4.87. The summed E-state index contributed by atoms with van der Waals surface area (Å²) in [4.78, 5) is 18.2. The average molecular weight is 543 g/mol. The van der Waals surface area contributed by atoms with Crippen molar-refractivity contribution in [2.75, 3.05) is 32.4 Å². The third-order valence-corrected chi connectivity index (χ3v) is 8.35. The molecule has 1 amide bonds. The normalized spacial score (nSPS) is 12.1. The van der Waals surface area contributed by atoms with E-state index in [0.717, 1.165) is 4.70 Å². The molecule has 194 valence electrons. The Morgan fingerprint density at radius 2 is 1.51 bits per heavy atom. The van der Waals surface area contributed by atoms with Gasteiger partial charge in [0.1, 0.15) is 33.2 Å². The van der Waals surface area contributed by atoms with Crippen LogP contribution in [0.3, 0.4) is 0 Å². The first-order chi connectivity index (χ1) is 17.8. The Morgan fingerprint density at radius 1 is 0.892 bits per heavy atom. The summed E-state index contributed by atoms with van der Waals surface area (Å²) in [5.74, 6) is 1.71. The van der Waals surface area contributed by atoms with Crippen LogP contribution in [0.15, 0.2) is 65.6 Å². The zero-order valence-electron chi connectivity index (χ0n) is 20.7. The van der Waals surface area contributed by atoms with Gasteiger partial charge in [-0.2, -0.15) is 0 Å². The molecule has 37 heavy (non-hydrogen) atoms. The molecule has 0 aliphatic carbocycles. The van der Waals surface area contributed by atoms with Gasteiger partial charge in [0.15, 0.2) is 15.0 Å². The number of benzene rings is 3. The van der Waals surface area contributed by atoms with Gasteiger partial charge in [0.25, 0.3) is 5.91 Å². The molecular formula is C26H26N2O7S2. The Labute approximate surface area is 218 Å². The lowest BCUT2D eigenvalue weighted by Gasteiger charge is -2.19. The Kier molecular flexibility index (Phi) is 7.84. The third kappa shape index (κ3) is 5.62. The molecule has 1 heterocycles. The molecule has 1 aromatic heterocycles. The van der Waals surface area contributed by atoms with E-state index in [1.54, 1.807) is 76.8 Å². The van der Waals surface area contributed by atoms with Crippen molar-refractivity contribution >= 4 is 42.4 Å². The highest BCUT2D eigenvalue weighted by atomic mass is 32.2. The van der Waals surface area contributed by atoms with E-state index in [1.165, 1.54) is 23.5 Å². The fourth-order valence-corrected chi connectivity index (χ4v) is 5.45. The number of amides is 1. The van der Waals surface area contributed by atoms with Crippen LogP contribution in [0, 0.1) is 0 Å². The van der Waals surface area contributed by atoms with Crippen LogP contribution in [0.1, 0.15) is 18.6 Å². The molecule has 1 atom stereocenters. The van der Waals surface area contributed by atoms with Crippen LogP contribution in [0.4, 0.5) is 5.13 Å². The fourth-order valence-electron chi connectivity index (χ4n) is 3.59. The number of aromatic nitrogens is 1. The molecule has 0 radical (unpaired) electrons. The summed E-state index contributed by atoms with van der Waals surface area (Å²) >= 11 is 1.24. The first kappa shape index (κ1) is 26.2. The van der Waals surface area contributed by atoms with Gasteiger partial charge in [-0.15, -0.1) is 0 Å². The van der Waals surface area contributed by atoms with Gasteiger partial charge >= 0.3 is 0 Å². The Hall–Kier alpha value is -3.83. The van der Waals surface area contributed by atoms with Crippen LogP contribution >= 0.6 is 11.3 Å². The number of rotatable bonds is 10.